The highest BCUT2D eigenvalue weighted by molar-refractivity contribution is 4.53. The Morgan fingerprint density at radius 1 is 1.31 bits per heavy atom. The van der Waals surface area contributed by atoms with Gasteiger partial charge in [0.1, 0.15) is 6.10 Å². The zero-order valence-corrected chi connectivity index (χ0v) is 8.24. The van der Waals surface area contributed by atoms with E-state index in [1.807, 2.05) is 0 Å². The third-order valence-electron chi connectivity index (χ3n) is 2.00. The number of aliphatic hydroxyl groups excluding tert-OH is 1. The Morgan fingerprint density at radius 2 is 1.92 bits per heavy atom. The quantitative estimate of drug-likeness (QED) is 0.361. The summed E-state index contributed by atoms with van der Waals surface area (Å²) < 4.78 is 0. The average molecular weight is 189 g/mol. The summed E-state index contributed by atoms with van der Waals surface area (Å²) in [6.07, 6.45) is 5.35. The SMILES string of the molecule is CCCCCCC[C@H](O)C[N+](=O)[O-]. The molecule has 0 aliphatic rings. The first-order valence-corrected chi connectivity index (χ1v) is 4.96. The minimum atomic E-state index is -0.753. The molecule has 78 valence electrons. The molecule has 0 aliphatic carbocycles. The Bertz CT molecular complexity index is 139. The van der Waals surface area contributed by atoms with Crippen molar-refractivity contribution in [1.29, 1.82) is 0 Å². The molecule has 0 aromatic rings. The lowest BCUT2D eigenvalue weighted by Gasteiger charge is -2.04. The minimum Gasteiger partial charge on any atom is -0.386 e. The molecule has 0 spiro atoms. The predicted octanol–water partition coefficient (Wildman–Crippen LogP) is 1.98. The fraction of sp³-hybridized carbons (Fsp3) is 1.00. The standard InChI is InChI=1S/C9H19NO3/c1-2-3-4-5-6-7-9(11)8-10(12)13/h9,11H,2-8H2,1H3/t9-/m0/s1. The molecule has 0 amide bonds. The van der Waals surface area contributed by atoms with Crippen molar-refractivity contribution in [1.82, 2.24) is 0 Å². The van der Waals surface area contributed by atoms with Crippen LogP contribution in [0.1, 0.15) is 45.4 Å². The van der Waals surface area contributed by atoms with Gasteiger partial charge in [0.15, 0.2) is 0 Å². The van der Waals surface area contributed by atoms with E-state index in [2.05, 4.69) is 6.92 Å². The van der Waals surface area contributed by atoms with Crippen LogP contribution in [0, 0.1) is 10.1 Å². The molecule has 0 aliphatic heterocycles. The van der Waals surface area contributed by atoms with Gasteiger partial charge in [0.05, 0.1) is 0 Å². The molecule has 0 saturated heterocycles. The van der Waals surface area contributed by atoms with Crippen LogP contribution in [0.25, 0.3) is 0 Å². The van der Waals surface area contributed by atoms with E-state index >= 15 is 0 Å². The molecule has 13 heavy (non-hydrogen) atoms. The van der Waals surface area contributed by atoms with Crippen LogP contribution >= 0.6 is 0 Å². The van der Waals surface area contributed by atoms with Gasteiger partial charge in [-0.2, -0.15) is 0 Å². The number of hydrogen-bond acceptors (Lipinski definition) is 3. The first-order chi connectivity index (χ1) is 6.16. The summed E-state index contributed by atoms with van der Waals surface area (Å²) in [6.45, 7) is 1.83. The van der Waals surface area contributed by atoms with Crippen molar-refractivity contribution >= 4 is 0 Å². The maximum absolute atomic E-state index is 9.99. The third-order valence-corrected chi connectivity index (χ3v) is 2.00. The second-order valence-electron chi connectivity index (χ2n) is 3.37. The lowest BCUT2D eigenvalue weighted by Crippen LogP contribution is -2.18. The predicted molar refractivity (Wildman–Crippen MR) is 51.2 cm³/mol. The maximum Gasteiger partial charge on any atom is 0.229 e. The van der Waals surface area contributed by atoms with E-state index in [0.717, 1.165) is 12.8 Å². The fourth-order valence-electron chi connectivity index (χ4n) is 1.25. The molecule has 0 rings (SSSR count). The molecular formula is C9H19NO3. The molecule has 0 radical (unpaired) electrons. The number of rotatable bonds is 8. The topological polar surface area (TPSA) is 63.4 Å². The second-order valence-corrected chi connectivity index (χ2v) is 3.37. The summed E-state index contributed by atoms with van der Waals surface area (Å²) >= 11 is 0. The maximum atomic E-state index is 9.99. The van der Waals surface area contributed by atoms with Crippen LogP contribution in [0.2, 0.25) is 0 Å². The van der Waals surface area contributed by atoms with E-state index in [0.29, 0.717) is 6.42 Å². The van der Waals surface area contributed by atoms with Gasteiger partial charge in [0.2, 0.25) is 6.54 Å². The normalized spacial score (nSPS) is 12.8. The molecule has 4 nitrogen and oxygen atoms in total. The number of nitrogens with zero attached hydrogens (tertiary/aromatic N) is 1. The van der Waals surface area contributed by atoms with Crippen LogP contribution in [0.3, 0.4) is 0 Å². The lowest BCUT2D eigenvalue weighted by atomic mass is 10.1. The van der Waals surface area contributed by atoms with E-state index in [1.165, 1.54) is 19.3 Å². The number of unbranched alkanes of at least 4 members (excludes halogenated alkanes) is 4. The summed E-state index contributed by atoms with van der Waals surface area (Å²) in [7, 11) is 0. The van der Waals surface area contributed by atoms with Gasteiger partial charge in [-0.3, -0.25) is 10.1 Å². The molecule has 4 heteroatoms. The van der Waals surface area contributed by atoms with Gasteiger partial charge in [-0.15, -0.1) is 0 Å². The molecule has 0 fully saturated rings. The number of hydrogen-bond donors (Lipinski definition) is 1. The van der Waals surface area contributed by atoms with Gasteiger partial charge >= 0.3 is 0 Å². The minimum absolute atomic E-state index is 0.312. The van der Waals surface area contributed by atoms with Gasteiger partial charge < -0.3 is 5.11 Å². The lowest BCUT2D eigenvalue weighted by molar-refractivity contribution is -0.490. The summed E-state index contributed by atoms with van der Waals surface area (Å²) in [6, 6.07) is 0. The average Bonchev–Trinajstić information content (AvgIpc) is 2.02. The highest BCUT2D eigenvalue weighted by Crippen LogP contribution is 2.07. The molecule has 0 unspecified atom stereocenters. The fourth-order valence-corrected chi connectivity index (χ4v) is 1.25. The molecule has 1 N–H and O–H groups in total. The van der Waals surface area contributed by atoms with E-state index in [1.54, 1.807) is 0 Å². The van der Waals surface area contributed by atoms with Crippen LogP contribution in [-0.2, 0) is 0 Å². The van der Waals surface area contributed by atoms with Gasteiger partial charge in [0, 0.05) is 4.92 Å². The van der Waals surface area contributed by atoms with Crippen molar-refractivity contribution in [2.75, 3.05) is 6.54 Å². The first kappa shape index (κ1) is 12.4. The Hall–Kier alpha value is -0.640. The van der Waals surface area contributed by atoms with E-state index in [9.17, 15) is 10.1 Å². The van der Waals surface area contributed by atoms with Crippen molar-refractivity contribution in [3.8, 4) is 0 Å². The third kappa shape index (κ3) is 9.27. The van der Waals surface area contributed by atoms with Crippen LogP contribution in [0.5, 0.6) is 0 Å². The summed E-state index contributed by atoms with van der Waals surface area (Å²) in [5.74, 6) is 0. The zero-order valence-electron chi connectivity index (χ0n) is 8.24. The summed E-state index contributed by atoms with van der Waals surface area (Å²) in [5.41, 5.74) is 0. The molecule has 0 aromatic heterocycles. The largest absolute Gasteiger partial charge is 0.386 e. The molecule has 0 bridgehead atoms. The Kier molecular flexibility index (Phi) is 7.59. The van der Waals surface area contributed by atoms with Gasteiger partial charge in [-0.1, -0.05) is 39.0 Å². The van der Waals surface area contributed by atoms with Crippen LogP contribution in [0.4, 0.5) is 0 Å². The van der Waals surface area contributed by atoms with Crippen molar-refractivity contribution in [2.24, 2.45) is 0 Å². The number of nitro groups is 1. The molecule has 0 aromatic carbocycles. The Balaban J connectivity index is 3.17. The Labute approximate surface area is 79.1 Å². The Morgan fingerprint density at radius 3 is 2.46 bits per heavy atom. The summed E-state index contributed by atoms with van der Waals surface area (Å²) in [5, 5.41) is 19.1. The highest BCUT2D eigenvalue weighted by Gasteiger charge is 2.09. The van der Waals surface area contributed by atoms with Crippen molar-refractivity contribution < 1.29 is 10.0 Å². The van der Waals surface area contributed by atoms with Gasteiger partial charge in [-0.05, 0) is 6.42 Å². The number of aliphatic hydroxyl groups is 1. The second kappa shape index (κ2) is 7.98. The highest BCUT2D eigenvalue weighted by atomic mass is 16.6. The zero-order chi connectivity index (χ0) is 10.1. The van der Waals surface area contributed by atoms with Crippen molar-refractivity contribution in [3.05, 3.63) is 10.1 Å². The van der Waals surface area contributed by atoms with Gasteiger partial charge in [-0.25, -0.2) is 0 Å². The molecule has 0 heterocycles. The monoisotopic (exact) mass is 189 g/mol. The van der Waals surface area contributed by atoms with Gasteiger partial charge in [0.25, 0.3) is 0 Å². The van der Waals surface area contributed by atoms with Crippen LogP contribution < -0.4 is 0 Å². The molecule has 0 saturated carbocycles. The van der Waals surface area contributed by atoms with Crippen molar-refractivity contribution in [3.63, 3.8) is 0 Å². The van der Waals surface area contributed by atoms with E-state index < -0.39 is 11.0 Å². The van der Waals surface area contributed by atoms with E-state index in [-0.39, 0.29) is 6.54 Å². The first-order valence-electron chi connectivity index (χ1n) is 4.96. The van der Waals surface area contributed by atoms with Crippen molar-refractivity contribution in [2.45, 2.75) is 51.6 Å². The summed E-state index contributed by atoms with van der Waals surface area (Å²) in [4.78, 5) is 9.53. The van der Waals surface area contributed by atoms with E-state index in [4.69, 9.17) is 5.11 Å². The smallest absolute Gasteiger partial charge is 0.229 e. The molecular weight excluding hydrogens is 170 g/mol. The van der Waals surface area contributed by atoms with Crippen LogP contribution in [-0.4, -0.2) is 22.7 Å². The van der Waals surface area contributed by atoms with Crippen LogP contribution in [0.15, 0.2) is 0 Å². The molecule has 1 atom stereocenters.